The van der Waals surface area contributed by atoms with Gasteiger partial charge in [0.1, 0.15) is 17.9 Å². The van der Waals surface area contributed by atoms with E-state index in [2.05, 4.69) is 0 Å². The van der Waals surface area contributed by atoms with Crippen LogP contribution in [0.2, 0.25) is 0 Å². The van der Waals surface area contributed by atoms with Crippen molar-refractivity contribution in [2.45, 2.75) is 24.8 Å². The van der Waals surface area contributed by atoms with Crippen LogP contribution in [-0.2, 0) is 25.2 Å². The molecule has 7 nitrogen and oxygen atoms in total. The summed E-state index contributed by atoms with van der Waals surface area (Å²) in [6, 6.07) is 7.06. The van der Waals surface area contributed by atoms with E-state index in [1.165, 1.54) is 0 Å². The highest BCUT2D eigenvalue weighted by Crippen LogP contribution is 2.13. The molecule has 1 rings (SSSR count). The summed E-state index contributed by atoms with van der Waals surface area (Å²) in [6.45, 7) is 1.01. The fourth-order valence-corrected chi connectivity index (χ4v) is 2.29. The number of hydrogen-bond donors (Lipinski definition) is 2. The molecule has 9 heteroatoms. The van der Waals surface area contributed by atoms with E-state index in [0.29, 0.717) is 5.56 Å². The van der Waals surface area contributed by atoms with Gasteiger partial charge in [0.2, 0.25) is 9.05 Å². The summed E-state index contributed by atoms with van der Waals surface area (Å²) in [4.78, 5) is 22.5. The van der Waals surface area contributed by atoms with Gasteiger partial charge in [-0.1, -0.05) is 30.3 Å². The second-order valence-electron chi connectivity index (χ2n) is 4.20. The van der Waals surface area contributed by atoms with Crippen molar-refractivity contribution >= 4 is 31.8 Å². The van der Waals surface area contributed by atoms with Crippen LogP contribution in [0.5, 0.6) is 0 Å². The SMILES string of the molecule is CC(C(NC(=O)O)C(=O)OCc1ccccc1)S(=O)(=O)Cl. The van der Waals surface area contributed by atoms with Gasteiger partial charge in [0.25, 0.3) is 0 Å². The number of carboxylic acid groups (broad SMARTS) is 1. The van der Waals surface area contributed by atoms with E-state index < -0.39 is 32.4 Å². The van der Waals surface area contributed by atoms with E-state index in [1.54, 1.807) is 35.6 Å². The minimum atomic E-state index is -4.13. The highest BCUT2D eigenvalue weighted by Gasteiger charge is 2.36. The lowest BCUT2D eigenvalue weighted by Gasteiger charge is -2.20. The number of carbonyl (C=O) groups excluding carboxylic acids is 1. The molecule has 2 unspecified atom stereocenters. The van der Waals surface area contributed by atoms with Gasteiger partial charge in [-0.2, -0.15) is 0 Å². The second-order valence-corrected chi connectivity index (χ2v) is 7.19. The number of amides is 1. The molecule has 0 aliphatic heterocycles. The molecule has 2 atom stereocenters. The molecule has 0 heterocycles. The van der Waals surface area contributed by atoms with Crippen LogP contribution in [0.25, 0.3) is 0 Å². The Hall–Kier alpha value is -1.80. The molecular formula is C12H14ClNO6S. The number of esters is 1. The first-order valence-corrected chi connectivity index (χ1v) is 8.22. The summed E-state index contributed by atoms with van der Waals surface area (Å²) in [7, 11) is 1.02. The molecular weight excluding hydrogens is 322 g/mol. The highest BCUT2D eigenvalue weighted by atomic mass is 35.7. The summed E-state index contributed by atoms with van der Waals surface area (Å²) < 4.78 is 27.4. The van der Waals surface area contributed by atoms with Crippen molar-refractivity contribution < 1.29 is 27.9 Å². The minimum absolute atomic E-state index is 0.105. The zero-order valence-corrected chi connectivity index (χ0v) is 12.6. The van der Waals surface area contributed by atoms with E-state index in [4.69, 9.17) is 20.5 Å². The normalized spacial score (nSPS) is 14.0. The lowest BCUT2D eigenvalue weighted by Crippen LogP contribution is -2.49. The Morgan fingerprint density at radius 3 is 2.38 bits per heavy atom. The third kappa shape index (κ3) is 5.60. The smallest absolute Gasteiger partial charge is 0.405 e. The van der Waals surface area contributed by atoms with E-state index in [9.17, 15) is 18.0 Å². The fourth-order valence-electron chi connectivity index (χ4n) is 1.48. The molecule has 2 N–H and O–H groups in total. The van der Waals surface area contributed by atoms with E-state index in [1.807, 2.05) is 0 Å². The van der Waals surface area contributed by atoms with Gasteiger partial charge in [0.05, 0.1) is 0 Å². The number of nitrogens with one attached hydrogen (secondary N) is 1. The molecule has 1 amide bonds. The average molecular weight is 336 g/mol. The molecule has 0 bridgehead atoms. The standard InChI is InChI=1S/C12H14ClNO6S/c1-8(21(13,18)19)10(14-12(16)17)11(15)20-7-9-5-3-2-4-6-9/h2-6,8,10,14H,7H2,1H3,(H,16,17). The Labute approximate surface area is 126 Å². The monoisotopic (exact) mass is 335 g/mol. The first-order valence-electron chi connectivity index (χ1n) is 5.85. The summed E-state index contributed by atoms with van der Waals surface area (Å²) in [5, 5.41) is 9.02. The van der Waals surface area contributed by atoms with Crippen LogP contribution in [0, 0.1) is 0 Å². The maximum absolute atomic E-state index is 11.9. The Bertz CT molecular complexity index is 603. The third-order valence-electron chi connectivity index (χ3n) is 2.67. The van der Waals surface area contributed by atoms with Crippen LogP contribution in [0.4, 0.5) is 4.79 Å². The quantitative estimate of drug-likeness (QED) is 0.599. The first-order chi connectivity index (χ1) is 9.71. The molecule has 0 aromatic heterocycles. The minimum Gasteiger partial charge on any atom is -0.465 e. The van der Waals surface area contributed by atoms with E-state index in [-0.39, 0.29) is 6.61 Å². The van der Waals surface area contributed by atoms with Crippen LogP contribution in [0.15, 0.2) is 30.3 Å². The maximum Gasteiger partial charge on any atom is 0.405 e. The summed E-state index contributed by atoms with van der Waals surface area (Å²) in [5.74, 6) is -1.02. The van der Waals surface area contributed by atoms with Crippen LogP contribution in [0.3, 0.4) is 0 Å². The van der Waals surface area contributed by atoms with Crippen molar-refractivity contribution in [2.24, 2.45) is 0 Å². The molecule has 21 heavy (non-hydrogen) atoms. The molecule has 0 radical (unpaired) electrons. The van der Waals surface area contributed by atoms with Gasteiger partial charge in [-0.05, 0) is 12.5 Å². The lowest BCUT2D eigenvalue weighted by atomic mass is 10.2. The van der Waals surface area contributed by atoms with Crippen molar-refractivity contribution in [2.75, 3.05) is 0 Å². The lowest BCUT2D eigenvalue weighted by molar-refractivity contribution is -0.147. The van der Waals surface area contributed by atoms with Crippen molar-refractivity contribution in [3.05, 3.63) is 35.9 Å². The van der Waals surface area contributed by atoms with E-state index in [0.717, 1.165) is 6.92 Å². The van der Waals surface area contributed by atoms with Crippen molar-refractivity contribution in [3.63, 3.8) is 0 Å². The average Bonchev–Trinajstić information content (AvgIpc) is 2.41. The number of benzene rings is 1. The predicted octanol–water partition coefficient (Wildman–Crippen LogP) is 1.32. The van der Waals surface area contributed by atoms with Gasteiger partial charge >= 0.3 is 12.1 Å². The van der Waals surface area contributed by atoms with Crippen molar-refractivity contribution in [3.8, 4) is 0 Å². The molecule has 0 spiro atoms. The van der Waals surface area contributed by atoms with Gasteiger partial charge in [-0.3, -0.25) is 0 Å². The molecule has 1 aromatic rings. The van der Waals surface area contributed by atoms with Crippen LogP contribution < -0.4 is 5.32 Å². The zero-order valence-electron chi connectivity index (χ0n) is 11.0. The van der Waals surface area contributed by atoms with Gasteiger partial charge in [0, 0.05) is 10.7 Å². The first kappa shape index (κ1) is 17.3. The number of carbonyl (C=O) groups is 2. The van der Waals surface area contributed by atoms with Crippen molar-refractivity contribution in [1.82, 2.24) is 5.32 Å². The number of halogens is 1. The molecule has 0 aliphatic carbocycles. The van der Waals surface area contributed by atoms with Crippen LogP contribution >= 0.6 is 10.7 Å². The van der Waals surface area contributed by atoms with Gasteiger partial charge in [-0.15, -0.1) is 0 Å². The zero-order chi connectivity index (χ0) is 16.0. The number of rotatable bonds is 6. The molecule has 0 aliphatic rings. The Balaban J connectivity index is 2.78. The summed E-state index contributed by atoms with van der Waals surface area (Å²) >= 11 is 0. The molecule has 0 saturated carbocycles. The largest absolute Gasteiger partial charge is 0.465 e. The number of hydrogen-bond acceptors (Lipinski definition) is 5. The van der Waals surface area contributed by atoms with Crippen molar-refractivity contribution in [1.29, 1.82) is 0 Å². The van der Waals surface area contributed by atoms with Crippen LogP contribution in [0.1, 0.15) is 12.5 Å². The Morgan fingerprint density at radius 2 is 1.90 bits per heavy atom. The van der Waals surface area contributed by atoms with E-state index >= 15 is 0 Å². The summed E-state index contributed by atoms with van der Waals surface area (Å²) in [5.41, 5.74) is 0.682. The van der Waals surface area contributed by atoms with Gasteiger partial charge in [0.15, 0.2) is 0 Å². The number of ether oxygens (including phenoxy) is 1. The summed E-state index contributed by atoms with van der Waals surface area (Å²) in [6.07, 6.45) is -1.55. The molecule has 0 fully saturated rings. The third-order valence-corrected chi connectivity index (χ3v) is 4.67. The molecule has 116 valence electrons. The topological polar surface area (TPSA) is 110 Å². The van der Waals surface area contributed by atoms with Gasteiger partial charge < -0.3 is 15.2 Å². The Morgan fingerprint density at radius 1 is 1.33 bits per heavy atom. The van der Waals surface area contributed by atoms with Crippen LogP contribution in [-0.4, -0.2) is 36.9 Å². The second kappa shape index (κ2) is 7.28. The molecule has 1 aromatic carbocycles. The maximum atomic E-state index is 11.9. The predicted molar refractivity (Wildman–Crippen MR) is 75.4 cm³/mol. The Kier molecular flexibility index (Phi) is 5.98. The fraction of sp³-hybridized carbons (Fsp3) is 0.333. The molecule has 0 saturated heterocycles. The van der Waals surface area contributed by atoms with Gasteiger partial charge in [-0.25, -0.2) is 18.0 Å². The highest BCUT2D eigenvalue weighted by molar-refractivity contribution is 8.14.